The van der Waals surface area contributed by atoms with Gasteiger partial charge >= 0.3 is 5.97 Å². The average molecular weight is 344 g/mol. The second kappa shape index (κ2) is 8.14. The molecular formula is C18H20N2O5. The van der Waals surface area contributed by atoms with E-state index in [0.717, 1.165) is 0 Å². The Morgan fingerprint density at radius 2 is 1.76 bits per heavy atom. The lowest BCUT2D eigenvalue weighted by molar-refractivity contribution is -0.118. The quantitative estimate of drug-likeness (QED) is 0.785. The maximum Gasteiger partial charge on any atom is 0.337 e. The molecule has 0 saturated heterocycles. The van der Waals surface area contributed by atoms with Crippen molar-refractivity contribution < 1.29 is 23.5 Å². The van der Waals surface area contributed by atoms with Gasteiger partial charge in [-0.2, -0.15) is 0 Å². The van der Waals surface area contributed by atoms with Crippen LogP contribution >= 0.6 is 0 Å². The van der Waals surface area contributed by atoms with Crippen LogP contribution in [-0.4, -0.2) is 30.9 Å². The van der Waals surface area contributed by atoms with E-state index < -0.39 is 17.9 Å². The van der Waals surface area contributed by atoms with Crippen LogP contribution in [0.25, 0.3) is 0 Å². The van der Waals surface area contributed by atoms with Gasteiger partial charge in [-0.25, -0.2) is 4.79 Å². The zero-order chi connectivity index (χ0) is 18.4. The number of rotatable bonds is 6. The number of hydrogen-bond acceptors (Lipinski definition) is 5. The van der Waals surface area contributed by atoms with Crippen molar-refractivity contribution in [1.82, 2.24) is 5.32 Å². The number of anilines is 1. The number of furan rings is 1. The van der Waals surface area contributed by atoms with Crippen LogP contribution in [0.3, 0.4) is 0 Å². The molecule has 0 aliphatic rings. The lowest BCUT2D eigenvalue weighted by Crippen LogP contribution is -2.47. The van der Waals surface area contributed by atoms with Gasteiger partial charge < -0.3 is 19.8 Å². The SMILES string of the molecule is COC(=O)c1ccc(NC(=O)[C@@H](NC(=O)c2ccco2)C(C)C)cc1. The molecule has 2 rings (SSSR count). The first-order valence-corrected chi connectivity index (χ1v) is 7.76. The Morgan fingerprint density at radius 1 is 1.08 bits per heavy atom. The zero-order valence-corrected chi connectivity index (χ0v) is 14.2. The Kier molecular flexibility index (Phi) is 5.94. The van der Waals surface area contributed by atoms with Crippen molar-refractivity contribution in [3.05, 3.63) is 54.0 Å². The minimum Gasteiger partial charge on any atom is -0.465 e. The highest BCUT2D eigenvalue weighted by Gasteiger charge is 2.25. The molecule has 1 aromatic carbocycles. The molecule has 0 fully saturated rings. The molecule has 0 bridgehead atoms. The standard InChI is InChI=1S/C18H20N2O5/c1-11(2)15(20-16(21)14-5-4-10-25-14)17(22)19-13-8-6-12(7-9-13)18(23)24-3/h4-11,15H,1-3H3,(H,19,22)(H,20,21)/t15-/m0/s1. The monoisotopic (exact) mass is 344 g/mol. The predicted octanol–water partition coefficient (Wildman–Crippen LogP) is 2.46. The summed E-state index contributed by atoms with van der Waals surface area (Å²) in [6.45, 7) is 3.65. The maximum atomic E-state index is 12.5. The van der Waals surface area contributed by atoms with Gasteiger partial charge in [-0.05, 0) is 42.3 Å². The summed E-state index contributed by atoms with van der Waals surface area (Å²) in [5.74, 6) is -1.27. The summed E-state index contributed by atoms with van der Waals surface area (Å²) in [5.41, 5.74) is 0.891. The Balaban J connectivity index is 2.05. The Hall–Kier alpha value is -3.09. The summed E-state index contributed by atoms with van der Waals surface area (Å²) in [7, 11) is 1.30. The van der Waals surface area contributed by atoms with E-state index in [1.807, 2.05) is 13.8 Å². The molecular weight excluding hydrogens is 324 g/mol. The van der Waals surface area contributed by atoms with Crippen LogP contribution in [-0.2, 0) is 9.53 Å². The summed E-state index contributed by atoms with van der Waals surface area (Å²) >= 11 is 0. The van der Waals surface area contributed by atoms with Crippen molar-refractivity contribution in [2.45, 2.75) is 19.9 Å². The molecule has 2 N–H and O–H groups in total. The van der Waals surface area contributed by atoms with E-state index in [0.29, 0.717) is 11.3 Å². The van der Waals surface area contributed by atoms with Crippen LogP contribution in [0.5, 0.6) is 0 Å². The van der Waals surface area contributed by atoms with Crippen LogP contribution in [0, 0.1) is 5.92 Å². The lowest BCUT2D eigenvalue weighted by atomic mass is 10.0. The fourth-order valence-corrected chi connectivity index (χ4v) is 2.18. The first kappa shape index (κ1) is 18.3. The van der Waals surface area contributed by atoms with Gasteiger partial charge in [0.05, 0.1) is 18.9 Å². The second-order valence-electron chi connectivity index (χ2n) is 5.73. The number of benzene rings is 1. The van der Waals surface area contributed by atoms with Gasteiger partial charge in [0, 0.05) is 5.69 Å². The largest absolute Gasteiger partial charge is 0.465 e. The van der Waals surface area contributed by atoms with E-state index in [-0.39, 0.29) is 17.6 Å². The average Bonchev–Trinajstić information content (AvgIpc) is 3.13. The molecule has 0 aliphatic carbocycles. The summed E-state index contributed by atoms with van der Waals surface area (Å²) in [6.07, 6.45) is 1.39. The molecule has 1 atom stereocenters. The van der Waals surface area contributed by atoms with Crippen molar-refractivity contribution in [1.29, 1.82) is 0 Å². The second-order valence-corrected chi connectivity index (χ2v) is 5.73. The minimum absolute atomic E-state index is 0.131. The molecule has 1 heterocycles. The Labute approximate surface area is 145 Å². The van der Waals surface area contributed by atoms with E-state index in [4.69, 9.17) is 4.42 Å². The van der Waals surface area contributed by atoms with Gasteiger partial charge in [0.1, 0.15) is 6.04 Å². The van der Waals surface area contributed by atoms with Gasteiger partial charge in [0.2, 0.25) is 5.91 Å². The van der Waals surface area contributed by atoms with Crippen LogP contribution in [0.4, 0.5) is 5.69 Å². The third-order valence-corrected chi connectivity index (χ3v) is 3.55. The molecule has 0 radical (unpaired) electrons. The molecule has 2 aromatic rings. The smallest absolute Gasteiger partial charge is 0.337 e. The topological polar surface area (TPSA) is 97.6 Å². The van der Waals surface area contributed by atoms with E-state index in [1.165, 1.54) is 19.4 Å². The third kappa shape index (κ3) is 4.69. The molecule has 0 spiro atoms. The molecule has 25 heavy (non-hydrogen) atoms. The minimum atomic E-state index is -0.738. The lowest BCUT2D eigenvalue weighted by Gasteiger charge is -2.21. The van der Waals surface area contributed by atoms with Crippen molar-refractivity contribution in [3.8, 4) is 0 Å². The Morgan fingerprint density at radius 3 is 2.28 bits per heavy atom. The van der Waals surface area contributed by atoms with Crippen molar-refractivity contribution in [3.63, 3.8) is 0 Å². The third-order valence-electron chi connectivity index (χ3n) is 3.55. The summed E-state index contributed by atoms with van der Waals surface area (Å²) in [6, 6.07) is 8.67. The number of ether oxygens (including phenoxy) is 1. The first-order chi connectivity index (χ1) is 11.9. The van der Waals surface area contributed by atoms with Crippen LogP contribution < -0.4 is 10.6 Å². The van der Waals surface area contributed by atoms with Crippen LogP contribution in [0.15, 0.2) is 47.1 Å². The van der Waals surface area contributed by atoms with Crippen LogP contribution in [0.1, 0.15) is 34.8 Å². The van der Waals surface area contributed by atoms with E-state index in [2.05, 4.69) is 15.4 Å². The molecule has 1 aromatic heterocycles. The number of nitrogens with one attached hydrogen (secondary N) is 2. The van der Waals surface area contributed by atoms with Gasteiger partial charge in [-0.15, -0.1) is 0 Å². The predicted molar refractivity (Wildman–Crippen MR) is 91.2 cm³/mol. The molecule has 7 nitrogen and oxygen atoms in total. The van der Waals surface area contributed by atoms with Gasteiger partial charge in [0.15, 0.2) is 5.76 Å². The van der Waals surface area contributed by atoms with Crippen LogP contribution in [0.2, 0.25) is 0 Å². The fraction of sp³-hybridized carbons (Fsp3) is 0.278. The van der Waals surface area contributed by atoms with E-state index >= 15 is 0 Å². The van der Waals surface area contributed by atoms with Gasteiger partial charge in [0.25, 0.3) is 5.91 Å². The number of esters is 1. The van der Waals surface area contributed by atoms with Gasteiger partial charge in [-0.1, -0.05) is 13.8 Å². The number of methoxy groups -OCH3 is 1. The molecule has 7 heteroatoms. The van der Waals surface area contributed by atoms with E-state index in [9.17, 15) is 14.4 Å². The summed E-state index contributed by atoms with van der Waals surface area (Å²) in [4.78, 5) is 36.0. The number of hydrogen-bond donors (Lipinski definition) is 2. The number of carbonyl (C=O) groups is 3. The molecule has 132 valence electrons. The normalized spacial score (nSPS) is 11.7. The number of carbonyl (C=O) groups excluding carboxylic acids is 3. The van der Waals surface area contributed by atoms with Crippen molar-refractivity contribution >= 4 is 23.5 Å². The molecule has 0 aliphatic heterocycles. The highest BCUT2D eigenvalue weighted by molar-refractivity contribution is 6.00. The Bertz CT molecular complexity index is 735. The molecule has 0 saturated carbocycles. The molecule has 0 unspecified atom stereocenters. The highest BCUT2D eigenvalue weighted by atomic mass is 16.5. The summed E-state index contributed by atoms with van der Waals surface area (Å²) in [5, 5.41) is 5.38. The molecule has 2 amide bonds. The first-order valence-electron chi connectivity index (χ1n) is 7.76. The maximum absolute atomic E-state index is 12.5. The van der Waals surface area contributed by atoms with Gasteiger partial charge in [-0.3, -0.25) is 9.59 Å². The van der Waals surface area contributed by atoms with Crippen molar-refractivity contribution in [2.75, 3.05) is 12.4 Å². The fourth-order valence-electron chi connectivity index (χ4n) is 2.18. The zero-order valence-electron chi connectivity index (χ0n) is 14.2. The number of amides is 2. The van der Waals surface area contributed by atoms with E-state index in [1.54, 1.807) is 30.3 Å². The highest BCUT2D eigenvalue weighted by Crippen LogP contribution is 2.13. The summed E-state index contributed by atoms with van der Waals surface area (Å²) < 4.78 is 9.66. The van der Waals surface area contributed by atoms with Crippen molar-refractivity contribution in [2.24, 2.45) is 5.92 Å².